The maximum absolute atomic E-state index is 12.8. The van der Waals surface area contributed by atoms with Crippen molar-refractivity contribution in [3.05, 3.63) is 47.3 Å². The van der Waals surface area contributed by atoms with E-state index in [0.29, 0.717) is 17.9 Å². The minimum Gasteiger partial charge on any atom is -0.459 e. The van der Waals surface area contributed by atoms with Crippen molar-refractivity contribution in [1.29, 1.82) is 5.26 Å². The number of rotatable bonds is 7. The maximum atomic E-state index is 12.8. The Morgan fingerprint density at radius 1 is 1.28 bits per heavy atom. The van der Waals surface area contributed by atoms with E-state index in [1.54, 1.807) is 0 Å². The highest BCUT2D eigenvalue weighted by Gasteiger charge is 2.24. The second kappa shape index (κ2) is 9.98. The highest BCUT2D eigenvalue weighted by molar-refractivity contribution is 5.89. The number of nitriles is 1. The molecule has 0 heterocycles. The lowest BCUT2D eigenvalue weighted by Gasteiger charge is -2.28. The van der Waals surface area contributed by atoms with Crippen molar-refractivity contribution < 1.29 is 13.9 Å². The van der Waals surface area contributed by atoms with Gasteiger partial charge >= 0.3 is 5.97 Å². The molecule has 0 bridgehead atoms. The molecule has 1 aromatic carbocycles. The zero-order chi connectivity index (χ0) is 18.1. The fourth-order valence-electron chi connectivity index (χ4n) is 3.35. The average Bonchev–Trinajstić information content (AvgIpc) is 2.64. The van der Waals surface area contributed by atoms with Gasteiger partial charge in [-0.25, -0.2) is 4.79 Å². The van der Waals surface area contributed by atoms with Gasteiger partial charge < -0.3 is 4.74 Å². The maximum Gasteiger partial charge on any atom is 0.338 e. The van der Waals surface area contributed by atoms with Gasteiger partial charge in [-0.1, -0.05) is 25.5 Å². The average molecular weight is 343 g/mol. The largest absolute Gasteiger partial charge is 0.459 e. The molecule has 0 saturated heterocycles. The lowest BCUT2D eigenvalue weighted by atomic mass is 9.84. The van der Waals surface area contributed by atoms with Crippen LogP contribution in [0.5, 0.6) is 0 Å². The third kappa shape index (κ3) is 6.34. The minimum absolute atomic E-state index is 0.0227. The lowest BCUT2D eigenvalue weighted by Crippen LogP contribution is -2.24. The van der Waals surface area contributed by atoms with Gasteiger partial charge in [0.25, 0.3) is 0 Å². The molecule has 0 atom stereocenters. The van der Waals surface area contributed by atoms with Gasteiger partial charge in [-0.3, -0.25) is 0 Å². The van der Waals surface area contributed by atoms with Crippen LogP contribution in [0.2, 0.25) is 0 Å². The molecule has 0 radical (unpaired) electrons. The zero-order valence-corrected chi connectivity index (χ0v) is 14.8. The van der Waals surface area contributed by atoms with Crippen molar-refractivity contribution in [2.45, 2.75) is 64.4 Å². The predicted octanol–water partition coefficient (Wildman–Crippen LogP) is 5.51. The Bertz CT molecular complexity index is 622. The van der Waals surface area contributed by atoms with Gasteiger partial charge in [0.2, 0.25) is 0 Å². The fourth-order valence-corrected chi connectivity index (χ4v) is 3.35. The molecule has 1 aliphatic rings. The van der Waals surface area contributed by atoms with Gasteiger partial charge in [0, 0.05) is 0 Å². The molecule has 134 valence electrons. The molecule has 0 spiro atoms. The number of hydrogen-bond acceptors (Lipinski definition) is 3. The summed E-state index contributed by atoms with van der Waals surface area (Å²) in [4.78, 5) is 12.2. The highest BCUT2D eigenvalue weighted by atomic mass is 19.1. The summed E-state index contributed by atoms with van der Waals surface area (Å²) < 4.78 is 18.4. The quantitative estimate of drug-likeness (QED) is 0.484. The Morgan fingerprint density at radius 3 is 2.56 bits per heavy atom. The summed E-state index contributed by atoms with van der Waals surface area (Å²) >= 11 is 0. The molecule has 0 aliphatic heterocycles. The molecule has 3 nitrogen and oxygen atoms in total. The first-order valence-electron chi connectivity index (χ1n) is 9.18. The van der Waals surface area contributed by atoms with E-state index in [-0.39, 0.29) is 12.1 Å². The van der Waals surface area contributed by atoms with E-state index < -0.39 is 5.83 Å². The van der Waals surface area contributed by atoms with Crippen molar-refractivity contribution in [3.8, 4) is 6.07 Å². The molecule has 0 N–H and O–H groups in total. The second-order valence-corrected chi connectivity index (χ2v) is 6.74. The topological polar surface area (TPSA) is 50.1 Å². The summed E-state index contributed by atoms with van der Waals surface area (Å²) in [5.74, 6) is -0.427. The SMILES string of the molecule is CCCc1ccc(C(=O)OC2CCC(CCC=C(F)C#N)CC2)cc1. The van der Waals surface area contributed by atoms with Crippen molar-refractivity contribution in [2.75, 3.05) is 0 Å². The molecule has 0 aromatic heterocycles. The van der Waals surface area contributed by atoms with Crippen LogP contribution in [-0.2, 0) is 11.2 Å². The van der Waals surface area contributed by atoms with Crippen LogP contribution in [0.4, 0.5) is 4.39 Å². The molecule has 1 aliphatic carbocycles. The molecule has 2 rings (SSSR count). The number of carbonyl (C=O) groups is 1. The van der Waals surface area contributed by atoms with E-state index in [2.05, 4.69) is 6.92 Å². The van der Waals surface area contributed by atoms with E-state index in [1.807, 2.05) is 24.3 Å². The Hall–Kier alpha value is -2.15. The van der Waals surface area contributed by atoms with E-state index in [9.17, 15) is 9.18 Å². The normalized spacial score (nSPS) is 20.8. The van der Waals surface area contributed by atoms with Crippen molar-refractivity contribution in [1.82, 2.24) is 0 Å². The highest BCUT2D eigenvalue weighted by Crippen LogP contribution is 2.30. The third-order valence-corrected chi connectivity index (χ3v) is 4.80. The summed E-state index contributed by atoms with van der Waals surface area (Å²) in [7, 11) is 0. The molecule has 0 amide bonds. The monoisotopic (exact) mass is 343 g/mol. The lowest BCUT2D eigenvalue weighted by molar-refractivity contribution is 0.0162. The number of ether oxygens (including phenoxy) is 1. The summed E-state index contributed by atoms with van der Waals surface area (Å²) in [6.45, 7) is 2.13. The van der Waals surface area contributed by atoms with Gasteiger partial charge in [0.1, 0.15) is 12.2 Å². The first kappa shape index (κ1) is 19.2. The van der Waals surface area contributed by atoms with Crippen molar-refractivity contribution >= 4 is 5.97 Å². The summed E-state index contributed by atoms with van der Waals surface area (Å²) in [5.41, 5.74) is 1.85. The molecule has 1 fully saturated rings. The number of allylic oxidation sites excluding steroid dienone is 2. The summed E-state index contributed by atoms with van der Waals surface area (Å²) in [5, 5.41) is 8.38. The van der Waals surface area contributed by atoms with Gasteiger partial charge in [-0.2, -0.15) is 9.65 Å². The van der Waals surface area contributed by atoms with Crippen LogP contribution in [0.3, 0.4) is 0 Å². The molecule has 0 unspecified atom stereocenters. The van der Waals surface area contributed by atoms with Crippen LogP contribution < -0.4 is 0 Å². The number of esters is 1. The molecule has 1 aromatic rings. The smallest absolute Gasteiger partial charge is 0.338 e. The fraction of sp³-hybridized carbons (Fsp3) is 0.524. The van der Waals surface area contributed by atoms with Gasteiger partial charge in [0.15, 0.2) is 5.83 Å². The molecule has 25 heavy (non-hydrogen) atoms. The van der Waals surface area contributed by atoms with E-state index in [4.69, 9.17) is 10.00 Å². The van der Waals surface area contributed by atoms with Crippen LogP contribution >= 0.6 is 0 Å². The van der Waals surface area contributed by atoms with Crippen LogP contribution in [0, 0.1) is 17.2 Å². The summed E-state index contributed by atoms with van der Waals surface area (Å²) in [6, 6.07) is 9.16. The second-order valence-electron chi connectivity index (χ2n) is 6.74. The molecule has 4 heteroatoms. The standard InChI is InChI=1S/C21H26FNO2/c1-2-4-16-7-11-18(12-8-16)21(24)25-20-13-9-17(10-14-20)5-3-6-19(22)15-23/h6-8,11-12,17,20H,2-5,9-10,13-14H2,1H3. The first-order valence-corrected chi connectivity index (χ1v) is 9.18. The van der Waals surface area contributed by atoms with Gasteiger partial charge in [-0.15, -0.1) is 0 Å². The van der Waals surface area contributed by atoms with E-state index in [0.717, 1.165) is 44.9 Å². The Morgan fingerprint density at radius 2 is 1.96 bits per heavy atom. The molecular formula is C21H26FNO2. The van der Waals surface area contributed by atoms with Gasteiger partial charge in [-0.05, 0) is 74.6 Å². The predicted molar refractivity (Wildman–Crippen MR) is 95.6 cm³/mol. The van der Waals surface area contributed by atoms with Gasteiger partial charge in [0.05, 0.1) is 5.56 Å². The Balaban J connectivity index is 1.74. The van der Waals surface area contributed by atoms with Crippen LogP contribution in [0.1, 0.15) is 67.8 Å². The number of nitrogens with zero attached hydrogens (tertiary/aromatic N) is 1. The number of benzene rings is 1. The number of halogens is 1. The van der Waals surface area contributed by atoms with E-state index >= 15 is 0 Å². The Labute approximate surface area is 149 Å². The van der Waals surface area contributed by atoms with Crippen LogP contribution in [0.25, 0.3) is 0 Å². The van der Waals surface area contributed by atoms with Crippen molar-refractivity contribution in [3.63, 3.8) is 0 Å². The number of carbonyl (C=O) groups excluding carboxylic acids is 1. The first-order chi connectivity index (χ1) is 12.1. The summed E-state index contributed by atoms with van der Waals surface area (Å²) in [6.07, 6.45) is 8.60. The Kier molecular flexibility index (Phi) is 7.66. The van der Waals surface area contributed by atoms with E-state index in [1.165, 1.54) is 17.7 Å². The third-order valence-electron chi connectivity index (χ3n) is 4.80. The molecule has 1 saturated carbocycles. The zero-order valence-electron chi connectivity index (χ0n) is 14.8. The van der Waals surface area contributed by atoms with Crippen LogP contribution in [-0.4, -0.2) is 12.1 Å². The van der Waals surface area contributed by atoms with Crippen LogP contribution in [0.15, 0.2) is 36.2 Å². The number of hydrogen-bond donors (Lipinski definition) is 0. The van der Waals surface area contributed by atoms with Crippen molar-refractivity contribution in [2.24, 2.45) is 5.92 Å². The number of aryl methyl sites for hydroxylation is 1. The molecular weight excluding hydrogens is 317 g/mol. The minimum atomic E-state index is -0.701.